The number of nitrogens with zero attached hydrogens (tertiary/aromatic N) is 5. The van der Waals surface area contributed by atoms with Crippen molar-refractivity contribution in [3.8, 4) is 11.5 Å². The van der Waals surface area contributed by atoms with Crippen molar-refractivity contribution in [2.24, 2.45) is 0 Å². The Morgan fingerprint density at radius 3 is 2.93 bits per heavy atom. The third-order valence-electron chi connectivity index (χ3n) is 3.79. The predicted molar refractivity (Wildman–Crippen MR) is 90.8 cm³/mol. The van der Waals surface area contributed by atoms with Crippen LogP contribution in [0.25, 0.3) is 6.08 Å². The molecule has 0 atom stereocenters. The van der Waals surface area contributed by atoms with Gasteiger partial charge in [0, 0.05) is 12.6 Å². The Morgan fingerprint density at radius 1 is 1.41 bits per heavy atom. The fourth-order valence-corrected chi connectivity index (χ4v) is 2.39. The number of hydrogen-bond donors (Lipinski definition) is 0. The summed E-state index contributed by atoms with van der Waals surface area (Å²) in [5.74, 6) is 0.426. The van der Waals surface area contributed by atoms with Gasteiger partial charge in [0.15, 0.2) is 23.9 Å². The number of nitro groups is 1. The molecule has 0 radical (unpaired) electrons. The van der Waals surface area contributed by atoms with Crippen LogP contribution in [0.3, 0.4) is 0 Å². The fraction of sp³-hybridized carbons (Fsp3) is 0.375. The highest BCUT2D eigenvalue weighted by molar-refractivity contribution is 5.88. The number of esters is 1. The van der Waals surface area contributed by atoms with Gasteiger partial charge in [-0.3, -0.25) is 10.1 Å². The van der Waals surface area contributed by atoms with E-state index in [2.05, 4.69) is 15.5 Å². The van der Waals surface area contributed by atoms with Gasteiger partial charge in [-0.1, -0.05) is 13.3 Å². The van der Waals surface area contributed by atoms with Crippen molar-refractivity contribution in [1.29, 1.82) is 0 Å². The van der Waals surface area contributed by atoms with Crippen molar-refractivity contribution in [3.63, 3.8) is 0 Å². The average Bonchev–Trinajstić information content (AvgIpc) is 3.30. The molecular formula is C16H17N5O6. The van der Waals surface area contributed by atoms with E-state index in [4.69, 9.17) is 14.2 Å². The molecule has 1 aliphatic rings. The van der Waals surface area contributed by atoms with Gasteiger partial charge in [0.25, 0.3) is 5.69 Å². The van der Waals surface area contributed by atoms with E-state index in [1.54, 1.807) is 4.68 Å². The summed E-state index contributed by atoms with van der Waals surface area (Å²) >= 11 is 0. The number of carbonyl (C=O) groups is 1. The van der Waals surface area contributed by atoms with Crippen molar-refractivity contribution in [2.45, 2.75) is 32.9 Å². The molecule has 142 valence electrons. The highest BCUT2D eigenvalue weighted by Crippen LogP contribution is 2.38. The molecule has 0 N–H and O–H groups in total. The molecular weight excluding hydrogens is 358 g/mol. The highest BCUT2D eigenvalue weighted by atomic mass is 16.7. The first-order valence-electron chi connectivity index (χ1n) is 8.26. The molecule has 0 fully saturated rings. The van der Waals surface area contributed by atoms with Crippen LogP contribution in [-0.4, -0.2) is 37.9 Å². The molecule has 2 heterocycles. The van der Waals surface area contributed by atoms with Crippen LogP contribution in [0.15, 0.2) is 18.2 Å². The van der Waals surface area contributed by atoms with E-state index in [1.807, 2.05) is 6.92 Å². The average molecular weight is 375 g/mol. The molecule has 27 heavy (non-hydrogen) atoms. The van der Waals surface area contributed by atoms with Crippen molar-refractivity contribution < 1.29 is 23.9 Å². The number of aromatic nitrogens is 4. The van der Waals surface area contributed by atoms with Crippen LogP contribution in [-0.2, 0) is 22.7 Å². The number of fused-ring (bicyclic) bond motifs is 1. The van der Waals surface area contributed by atoms with Gasteiger partial charge in [-0.25, -0.2) is 9.48 Å². The van der Waals surface area contributed by atoms with Gasteiger partial charge in [0.1, 0.15) is 0 Å². The van der Waals surface area contributed by atoms with Gasteiger partial charge in [-0.15, -0.1) is 5.10 Å². The first-order valence-corrected chi connectivity index (χ1v) is 8.26. The minimum atomic E-state index is -0.674. The summed E-state index contributed by atoms with van der Waals surface area (Å²) in [6.07, 6.45) is 4.28. The van der Waals surface area contributed by atoms with Crippen LogP contribution in [0, 0.1) is 10.1 Å². The van der Waals surface area contributed by atoms with Crippen LogP contribution >= 0.6 is 0 Å². The Bertz CT molecular complexity index is 878. The van der Waals surface area contributed by atoms with Crippen molar-refractivity contribution in [3.05, 3.63) is 39.7 Å². The van der Waals surface area contributed by atoms with Crippen molar-refractivity contribution in [1.82, 2.24) is 20.2 Å². The molecule has 2 aromatic rings. The molecule has 0 amide bonds. The van der Waals surface area contributed by atoms with E-state index in [0.717, 1.165) is 18.9 Å². The minimum Gasteiger partial charge on any atom is -0.454 e. The maximum absolute atomic E-state index is 11.9. The van der Waals surface area contributed by atoms with E-state index >= 15 is 0 Å². The molecule has 0 spiro atoms. The Hall–Kier alpha value is -3.50. The van der Waals surface area contributed by atoms with E-state index in [9.17, 15) is 14.9 Å². The zero-order chi connectivity index (χ0) is 19.2. The van der Waals surface area contributed by atoms with Crippen LogP contribution in [0.1, 0.15) is 31.2 Å². The Morgan fingerprint density at radius 2 is 2.19 bits per heavy atom. The molecule has 0 aliphatic carbocycles. The second-order valence-electron chi connectivity index (χ2n) is 5.63. The number of aryl methyl sites for hydroxylation is 1. The second kappa shape index (κ2) is 8.25. The lowest BCUT2D eigenvalue weighted by Gasteiger charge is -2.04. The van der Waals surface area contributed by atoms with Crippen LogP contribution in [0.2, 0.25) is 0 Å². The normalized spacial score (nSPS) is 12.5. The van der Waals surface area contributed by atoms with Crippen LogP contribution in [0.4, 0.5) is 5.69 Å². The number of hydrogen-bond acceptors (Lipinski definition) is 9. The monoisotopic (exact) mass is 375 g/mol. The van der Waals surface area contributed by atoms with Gasteiger partial charge in [-0.05, 0) is 29.0 Å². The lowest BCUT2D eigenvalue weighted by Crippen LogP contribution is -2.09. The molecule has 3 rings (SSSR count). The van der Waals surface area contributed by atoms with Crippen LogP contribution < -0.4 is 9.47 Å². The molecule has 0 unspecified atom stereocenters. The van der Waals surface area contributed by atoms with E-state index in [1.165, 1.54) is 18.2 Å². The lowest BCUT2D eigenvalue weighted by molar-refractivity contribution is -0.385. The third-order valence-corrected chi connectivity index (χ3v) is 3.79. The van der Waals surface area contributed by atoms with Gasteiger partial charge >= 0.3 is 5.97 Å². The number of carbonyl (C=O) groups excluding carboxylic acids is 1. The highest BCUT2D eigenvalue weighted by Gasteiger charge is 2.22. The van der Waals surface area contributed by atoms with Gasteiger partial charge in [0.05, 0.1) is 16.6 Å². The maximum atomic E-state index is 11.9. The minimum absolute atomic E-state index is 0.00551. The summed E-state index contributed by atoms with van der Waals surface area (Å²) in [4.78, 5) is 22.6. The predicted octanol–water partition coefficient (Wildman–Crippen LogP) is 1.87. The number of nitro benzene ring substituents is 1. The summed E-state index contributed by atoms with van der Waals surface area (Å²) < 4.78 is 17.0. The van der Waals surface area contributed by atoms with E-state index in [-0.39, 0.29) is 24.7 Å². The van der Waals surface area contributed by atoms with Crippen molar-refractivity contribution in [2.75, 3.05) is 6.79 Å². The van der Waals surface area contributed by atoms with Crippen LogP contribution in [0.5, 0.6) is 11.5 Å². The van der Waals surface area contributed by atoms with E-state index < -0.39 is 10.9 Å². The zero-order valence-electron chi connectivity index (χ0n) is 14.5. The molecule has 1 aromatic carbocycles. The number of ether oxygens (including phenoxy) is 3. The van der Waals surface area contributed by atoms with Crippen molar-refractivity contribution >= 4 is 17.7 Å². The third kappa shape index (κ3) is 4.37. The van der Waals surface area contributed by atoms with Gasteiger partial charge in [-0.2, -0.15) is 0 Å². The molecule has 0 saturated carbocycles. The SMILES string of the molecule is CCCCn1nnnc1COC(=O)/C=C/c1cc2c(cc1[N+](=O)[O-])OCO2. The summed E-state index contributed by atoms with van der Waals surface area (Å²) in [7, 11) is 0. The molecule has 11 nitrogen and oxygen atoms in total. The smallest absolute Gasteiger partial charge is 0.331 e. The number of benzene rings is 1. The molecule has 0 saturated heterocycles. The second-order valence-corrected chi connectivity index (χ2v) is 5.63. The first-order chi connectivity index (χ1) is 13.1. The van der Waals surface area contributed by atoms with E-state index in [0.29, 0.717) is 23.9 Å². The quantitative estimate of drug-likeness (QED) is 0.293. The van der Waals surface area contributed by atoms with Gasteiger partial charge in [0.2, 0.25) is 6.79 Å². The number of rotatable bonds is 8. The molecule has 11 heteroatoms. The molecule has 1 aromatic heterocycles. The zero-order valence-corrected chi connectivity index (χ0v) is 14.5. The topological polar surface area (TPSA) is 132 Å². The molecule has 0 bridgehead atoms. The summed E-state index contributed by atoms with van der Waals surface area (Å²) in [6.45, 7) is 2.58. The maximum Gasteiger partial charge on any atom is 0.331 e. The Labute approximate surface area is 153 Å². The lowest BCUT2D eigenvalue weighted by atomic mass is 10.1. The van der Waals surface area contributed by atoms with Gasteiger partial charge < -0.3 is 14.2 Å². The summed E-state index contributed by atoms with van der Waals surface area (Å²) in [6, 6.07) is 2.70. The summed E-state index contributed by atoms with van der Waals surface area (Å²) in [5.41, 5.74) is 0.000730. The number of unbranched alkanes of at least 4 members (excludes halogenated alkanes) is 1. The Balaban J connectivity index is 1.65. The fourth-order valence-electron chi connectivity index (χ4n) is 2.39. The largest absolute Gasteiger partial charge is 0.454 e. The number of tetrazole rings is 1. The molecule has 1 aliphatic heterocycles. The standard InChI is InChI=1S/C16H17N5O6/c1-2-3-6-20-15(17-18-19-20)9-25-16(22)5-4-11-7-13-14(27-10-26-13)8-12(11)21(23)24/h4-5,7-8H,2-3,6,9-10H2,1H3/b5-4+. The Kier molecular flexibility index (Phi) is 5.59. The summed E-state index contributed by atoms with van der Waals surface area (Å²) in [5, 5.41) is 22.4. The first kappa shape index (κ1) is 18.3.